The van der Waals surface area contributed by atoms with E-state index in [9.17, 15) is 19.6 Å². The van der Waals surface area contributed by atoms with Crippen LogP contribution in [0.2, 0.25) is 0 Å². The van der Waals surface area contributed by atoms with Gasteiger partial charge in [0.05, 0.1) is 11.6 Å². The maximum Gasteiger partial charge on any atom is 0.255 e. The zero-order valence-corrected chi connectivity index (χ0v) is 20.7. The van der Waals surface area contributed by atoms with Gasteiger partial charge in [-0.2, -0.15) is 5.26 Å². The first kappa shape index (κ1) is 23.7. The number of nitrogens with one attached hydrogen (secondary N) is 1. The lowest BCUT2D eigenvalue weighted by molar-refractivity contribution is -0.136. The van der Waals surface area contributed by atoms with Gasteiger partial charge in [-0.1, -0.05) is 24.6 Å². The predicted octanol–water partition coefficient (Wildman–Crippen LogP) is 3.11. The first-order valence-corrected chi connectivity index (χ1v) is 13.2. The number of benzene rings is 2. The number of piperidine rings is 1. The lowest BCUT2D eigenvalue weighted by Crippen LogP contribution is -2.57. The normalized spacial score (nSPS) is 26.3. The van der Waals surface area contributed by atoms with Crippen LogP contribution in [0.3, 0.4) is 0 Å². The van der Waals surface area contributed by atoms with Crippen molar-refractivity contribution in [3.8, 4) is 11.8 Å². The van der Waals surface area contributed by atoms with E-state index in [1.165, 1.54) is 6.42 Å². The van der Waals surface area contributed by atoms with Crippen LogP contribution in [-0.4, -0.2) is 58.8 Å². The van der Waals surface area contributed by atoms with Gasteiger partial charge in [0.1, 0.15) is 17.9 Å². The molecule has 0 aromatic heterocycles. The number of carbonyl (C=O) groups excluding carboxylic acids is 3. The molecule has 1 aliphatic carbocycles. The van der Waals surface area contributed by atoms with Crippen molar-refractivity contribution in [3.05, 3.63) is 64.7 Å². The lowest BCUT2D eigenvalue weighted by Gasteiger charge is -2.48. The highest BCUT2D eigenvalue weighted by atomic mass is 16.5. The van der Waals surface area contributed by atoms with Gasteiger partial charge in [-0.05, 0) is 61.1 Å². The summed E-state index contributed by atoms with van der Waals surface area (Å²) in [6, 6.07) is 15.5. The molecule has 2 aromatic rings. The summed E-state index contributed by atoms with van der Waals surface area (Å²) in [4.78, 5) is 40.9. The van der Waals surface area contributed by atoms with Crippen LogP contribution in [-0.2, 0) is 16.1 Å². The SMILES string of the molecule is N#Cc1ccccc1C1CN([C@H]2CCCC[C@H]2Oc2ccc3c(c2)CN(C2CCC(=O)NC2=O)C3=O)C1. The molecule has 4 aliphatic rings. The van der Waals surface area contributed by atoms with Crippen LogP contribution in [0.25, 0.3) is 0 Å². The van der Waals surface area contributed by atoms with Crippen LogP contribution in [0.15, 0.2) is 42.5 Å². The van der Waals surface area contributed by atoms with Gasteiger partial charge >= 0.3 is 0 Å². The Morgan fingerprint density at radius 2 is 1.81 bits per heavy atom. The predicted molar refractivity (Wildman–Crippen MR) is 135 cm³/mol. The second-order valence-electron chi connectivity index (χ2n) is 10.6. The van der Waals surface area contributed by atoms with Crippen molar-refractivity contribution in [1.29, 1.82) is 5.26 Å². The fraction of sp³-hybridized carbons (Fsp3) is 0.448. The molecule has 3 fully saturated rings. The molecule has 3 amide bonds. The number of rotatable bonds is 5. The molecule has 0 bridgehead atoms. The Morgan fingerprint density at radius 3 is 2.62 bits per heavy atom. The number of carbonyl (C=O) groups is 3. The molecular weight excluding hydrogens is 468 g/mol. The monoisotopic (exact) mass is 498 g/mol. The number of imide groups is 1. The molecular formula is C29H30N4O4. The Kier molecular flexibility index (Phi) is 6.17. The second-order valence-corrected chi connectivity index (χ2v) is 10.6. The van der Waals surface area contributed by atoms with E-state index in [2.05, 4.69) is 22.4 Å². The van der Waals surface area contributed by atoms with Gasteiger partial charge in [0, 0.05) is 43.6 Å². The van der Waals surface area contributed by atoms with E-state index in [1.54, 1.807) is 11.0 Å². The van der Waals surface area contributed by atoms with Crippen molar-refractivity contribution in [3.63, 3.8) is 0 Å². The minimum atomic E-state index is -0.616. The van der Waals surface area contributed by atoms with E-state index >= 15 is 0 Å². The standard InChI is InChI=1S/C29H30N4O4/c30-14-18-5-1-2-6-22(18)20-15-32(16-20)24-7-3-4-8-26(24)37-21-9-10-23-19(13-21)17-33(29(23)36)25-11-12-27(34)31-28(25)35/h1-2,5-6,9-10,13,20,24-26H,3-4,7-8,11-12,15-17H2,(H,31,34,35)/t24-,25?,26+/m0/s1. The molecule has 1 unspecified atom stereocenters. The van der Waals surface area contributed by atoms with Gasteiger partial charge in [0.2, 0.25) is 11.8 Å². The van der Waals surface area contributed by atoms with E-state index < -0.39 is 11.9 Å². The highest BCUT2D eigenvalue weighted by Crippen LogP contribution is 2.37. The van der Waals surface area contributed by atoms with Gasteiger partial charge in [0.15, 0.2) is 0 Å². The number of amides is 3. The lowest BCUT2D eigenvalue weighted by atomic mass is 9.83. The zero-order valence-electron chi connectivity index (χ0n) is 20.7. The summed E-state index contributed by atoms with van der Waals surface area (Å²) < 4.78 is 6.54. The van der Waals surface area contributed by atoms with Gasteiger partial charge in [-0.15, -0.1) is 0 Å². The fourth-order valence-electron chi connectivity index (χ4n) is 6.37. The topological polar surface area (TPSA) is 103 Å². The Bertz CT molecular complexity index is 1300. The molecule has 1 N–H and O–H groups in total. The van der Waals surface area contributed by atoms with Crippen molar-refractivity contribution in [2.45, 2.75) is 69.2 Å². The summed E-state index contributed by atoms with van der Waals surface area (Å²) >= 11 is 0. The van der Waals surface area contributed by atoms with E-state index in [1.807, 2.05) is 30.3 Å². The number of ether oxygens (including phenoxy) is 1. The van der Waals surface area contributed by atoms with Crippen LogP contribution >= 0.6 is 0 Å². The van der Waals surface area contributed by atoms with Crippen LogP contribution in [0.5, 0.6) is 5.75 Å². The smallest absolute Gasteiger partial charge is 0.255 e. The molecule has 8 nitrogen and oxygen atoms in total. The summed E-state index contributed by atoms with van der Waals surface area (Å²) in [5, 5.41) is 11.8. The highest BCUT2D eigenvalue weighted by molar-refractivity contribution is 6.05. The molecule has 0 spiro atoms. The van der Waals surface area contributed by atoms with Crippen molar-refractivity contribution in [2.75, 3.05) is 13.1 Å². The van der Waals surface area contributed by atoms with Crippen molar-refractivity contribution in [2.24, 2.45) is 0 Å². The summed E-state index contributed by atoms with van der Waals surface area (Å²) in [7, 11) is 0. The molecule has 2 saturated heterocycles. The molecule has 3 aliphatic heterocycles. The van der Waals surface area contributed by atoms with Crippen LogP contribution in [0.1, 0.15) is 71.5 Å². The van der Waals surface area contributed by atoms with Crippen LogP contribution in [0, 0.1) is 11.3 Å². The first-order chi connectivity index (χ1) is 18.0. The molecule has 3 heterocycles. The summed E-state index contributed by atoms with van der Waals surface area (Å²) in [6.45, 7) is 2.21. The number of likely N-dealkylation sites (tertiary alicyclic amines) is 1. The highest BCUT2D eigenvalue weighted by Gasteiger charge is 2.41. The second kappa shape index (κ2) is 9.64. The number of hydrogen-bond donors (Lipinski definition) is 1. The Hall–Kier alpha value is -3.70. The van der Waals surface area contributed by atoms with E-state index in [0.29, 0.717) is 30.5 Å². The Morgan fingerprint density at radius 1 is 1.00 bits per heavy atom. The van der Waals surface area contributed by atoms with Crippen LogP contribution in [0.4, 0.5) is 0 Å². The summed E-state index contributed by atoms with van der Waals surface area (Å²) in [6.07, 6.45) is 5.05. The number of nitriles is 1. The fourth-order valence-corrected chi connectivity index (χ4v) is 6.37. The van der Waals surface area contributed by atoms with E-state index in [-0.39, 0.29) is 24.3 Å². The maximum absolute atomic E-state index is 13.0. The average molecular weight is 499 g/mol. The third-order valence-electron chi connectivity index (χ3n) is 8.35. The number of nitrogens with zero attached hydrogens (tertiary/aromatic N) is 3. The molecule has 2 aromatic carbocycles. The number of fused-ring (bicyclic) bond motifs is 1. The summed E-state index contributed by atoms with van der Waals surface area (Å²) in [5.41, 5.74) is 3.36. The minimum Gasteiger partial charge on any atom is -0.489 e. The molecule has 190 valence electrons. The van der Waals surface area contributed by atoms with Crippen molar-refractivity contribution in [1.82, 2.24) is 15.1 Å². The third-order valence-corrected chi connectivity index (χ3v) is 8.35. The number of hydrogen-bond acceptors (Lipinski definition) is 6. The van der Waals surface area contributed by atoms with Gasteiger partial charge in [-0.25, -0.2) is 0 Å². The van der Waals surface area contributed by atoms with E-state index in [0.717, 1.165) is 54.8 Å². The molecule has 6 rings (SSSR count). The van der Waals surface area contributed by atoms with Gasteiger partial charge < -0.3 is 9.64 Å². The first-order valence-electron chi connectivity index (χ1n) is 13.2. The average Bonchev–Trinajstić information content (AvgIpc) is 3.20. The van der Waals surface area contributed by atoms with E-state index in [4.69, 9.17) is 4.74 Å². The van der Waals surface area contributed by atoms with Gasteiger partial charge in [-0.3, -0.25) is 24.6 Å². The maximum atomic E-state index is 13.0. The molecule has 8 heteroatoms. The zero-order chi connectivity index (χ0) is 25.5. The molecule has 1 saturated carbocycles. The largest absolute Gasteiger partial charge is 0.489 e. The third kappa shape index (κ3) is 4.38. The minimum absolute atomic E-state index is 0.0716. The summed E-state index contributed by atoms with van der Waals surface area (Å²) in [5.74, 6) is 0.272. The molecule has 3 atom stereocenters. The van der Waals surface area contributed by atoms with Crippen molar-refractivity contribution < 1.29 is 19.1 Å². The Balaban J connectivity index is 1.12. The van der Waals surface area contributed by atoms with Gasteiger partial charge in [0.25, 0.3) is 5.91 Å². The molecule has 0 radical (unpaired) electrons. The molecule has 37 heavy (non-hydrogen) atoms. The van der Waals surface area contributed by atoms with Crippen molar-refractivity contribution >= 4 is 17.7 Å². The quantitative estimate of drug-likeness (QED) is 0.636. The Labute approximate surface area is 216 Å². The van der Waals surface area contributed by atoms with Crippen LogP contribution < -0.4 is 10.1 Å².